The van der Waals surface area contributed by atoms with Gasteiger partial charge in [-0.1, -0.05) is 35.9 Å². The number of carbonyl (C=O) groups excluding carboxylic acids is 1. The van der Waals surface area contributed by atoms with Crippen LogP contribution in [0.15, 0.2) is 89.0 Å². The third-order valence-electron chi connectivity index (χ3n) is 4.98. The van der Waals surface area contributed by atoms with E-state index in [9.17, 15) is 23.3 Å². The average molecular weight is 462 g/mol. The maximum Gasteiger partial charge on any atom is 0.271 e. The van der Waals surface area contributed by atoms with E-state index in [2.05, 4.69) is 10.5 Å². The Hall–Kier alpha value is -4.31. The highest BCUT2D eigenvalue weighted by Crippen LogP contribution is 2.28. The molecule has 0 aliphatic heterocycles. The highest BCUT2D eigenvalue weighted by molar-refractivity contribution is 7.90. The molecule has 10 heteroatoms. The molecule has 0 fully saturated rings. The van der Waals surface area contributed by atoms with Gasteiger partial charge in [0.2, 0.25) is 0 Å². The van der Waals surface area contributed by atoms with Gasteiger partial charge in [0.05, 0.1) is 21.6 Å². The van der Waals surface area contributed by atoms with Crippen LogP contribution in [-0.4, -0.2) is 29.4 Å². The normalized spacial score (nSPS) is 11.7. The van der Waals surface area contributed by atoms with Gasteiger partial charge in [-0.15, -0.1) is 0 Å². The van der Waals surface area contributed by atoms with Gasteiger partial charge in [-0.3, -0.25) is 14.9 Å². The fraction of sp³-hybridized carbons (Fsp3) is 0.0435. The van der Waals surface area contributed by atoms with Gasteiger partial charge < -0.3 is 0 Å². The first kappa shape index (κ1) is 21.9. The SMILES string of the molecule is Cc1ccc(S(=O)(=O)n2cc(/C=N/NC(=O)c3ccccc3)c3cc([N+](=O)[O-])ccc32)cc1. The molecular formula is C23H18N4O5S. The number of nitrogens with zero attached hydrogens (tertiary/aromatic N) is 3. The molecule has 0 aliphatic rings. The van der Waals surface area contributed by atoms with Crippen molar-refractivity contribution in [2.24, 2.45) is 5.10 Å². The van der Waals surface area contributed by atoms with Crippen molar-refractivity contribution in [3.63, 3.8) is 0 Å². The second-order valence-electron chi connectivity index (χ2n) is 7.22. The number of aryl methyl sites for hydroxylation is 1. The zero-order valence-electron chi connectivity index (χ0n) is 17.4. The van der Waals surface area contributed by atoms with Crippen LogP contribution >= 0.6 is 0 Å². The molecule has 33 heavy (non-hydrogen) atoms. The number of fused-ring (bicyclic) bond motifs is 1. The van der Waals surface area contributed by atoms with Crippen LogP contribution in [0.25, 0.3) is 10.9 Å². The van der Waals surface area contributed by atoms with E-state index in [1.54, 1.807) is 42.5 Å². The first-order chi connectivity index (χ1) is 15.8. The topological polar surface area (TPSA) is 124 Å². The summed E-state index contributed by atoms with van der Waals surface area (Å²) in [7, 11) is -3.98. The number of nitro groups is 1. The lowest BCUT2D eigenvalue weighted by atomic mass is 10.2. The van der Waals surface area contributed by atoms with Gasteiger partial charge in [0.25, 0.3) is 21.6 Å². The van der Waals surface area contributed by atoms with Crippen molar-refractivity contribution in [3.8, 4) is 0 Å². The minimum absolute atomic E-state index is 0.0734. The van der Waals surface area contributed by atoms with E-state index in [0.29, 0.717) is 10.9 Å². The summed E-state index contributed by atoms with van der Waals surface area (Å²) >= 11 is 0. The molecule has 4 rings (SSSR count). The van der Waals surface area contributed by atoms with Gasteiger partial charge in [-0.05, 0) is 37.3 Å². The van der Waals surface area contributed by atoms with Gasteiger partial charge in [0, 0.05) is 34.8 Å². The zero-order valence-corrected chi connectivity index (χ0v) is 18.2. The number of amides is 1. The molecule has 3 aromatic carbocycles. The number of rotatable bonds is 6. The zero-order chi connectivity index (χ0) is 23.6. The summed E-state index contributed by atoms with van der Waals surface area (Å²) in [4.78, 5) is 23.0. The van der Waals surface area contributed by atoms with Crippen molar-refractivity contribution >= 4 is 38.7 Å². The van der Waals surface area contributed by atoms with E-state index in [0.717, 1.165) is 9.54 Å². The van der Waals surface area contributed by atoms with E-state index < -0.39 is 20.9 Å². The van der Waals surface area contributed by atoms with Crippen LogP contribution in [0.1, 0.15) is 21.5 Å². The number of hydrazone groups is 1. The number of hydrogen-bond donors (Lipinski definition) is 1. The van der Waals surface area contributed by atoms with Crippen molar-refractivity contribution < 1.29 is 18.1 Å². The summed E-state index contributed by atoms with van der Waals surface area (Å²) in [5.74, 6) is -0.450. The predicted octanol–water partition coefficient (Wildman–Crippen LogP) is 3.86. The maximum atomic E-state index is 13.3. The quantitative estimate of drug-likeness (QED) is 0.265. The van der Waals surface area contributed by atoms with Gasteiger partial charge >= 0.3 is 0 Å². The van der Waals surface area contributed by atoms with Crippen LogP contribution in [0.3, 0.4) is 0 Å². The van der Waals surface area contributed by atoms with Crippen LogP contribution in [0.5, 0.6) is 0 Å². The van der Waals surface area contributed by atoms with Crippen molar-refractivity contribution in [1.82, 2.24) is 9.40 Å². The monoisotopic (exact) mass is 462 g/mol. The van der Waals surface area contributed by atoms with E-state index in [1.165, 1.54) is 42.7 Å². The summed E-state index contributed by atoms with van der Waals surface area (Å²) in [5, 5.41) is 15.5. The Morgan fingerprint density at radius 2 is 1.76 bits per heavy atom. The van der Waals surface area contributed by atoms with E-state index in [1.807, 2.05) is 6.92 Å². The summed E-state index contributed by atoms with van der Waals surface area (Å²) in [6.07, 6.45) is 2.58. The lowest BCUT2D eigenvalue weighted by Crippen LogP contribution is -2.17. The summed E-state index contributed by atoms with van der Waals surface area (Å²) in [6.45, 7) is 1.85. The number of nitro benzene ring substituents is 1. The molecule has 0 saturated heterocycles. The average Bonchev–Trinajstić information content (AvgIpc) is 3.18. The third-order valence-corrected chi connectivity index (χ3v) is 6.67. The molecule has 0 bridgehead atoms. The van der Waals surface area contributed by atoms with Gasteiger partial charge in [-0.25, -0.2) is 17.8 Å². The second-order valence-corrected chi connectivity index (χ2v) is 9.04. The smallest absolute Gasteiger partial charge is 0.267 e. The minimum atomic E-state index is -3.98. The predicted molar refractivity (Wildman–Crippen MR) is 124 cm³/mol. The lowest BCUT2D eigenvalue weighted by Gasteiger charge is -2.07. The molecule has 1 aromatic heterocycles. The fourth-order valence-electron chi connectivity index (χ4n) is 3.27. The largest absolute Gasteiger partial charge is 0.271 e. The van der Waals surface area contributed by atoms with Gasteiger partial charge in [-0.2, -0.15) is 5.10 Å². The standard InChI is InChI=1S/C23H18N4O5S/c1-16-7-10-20(11-8-16)33(31,32)26-15-18(21-13-19(27(29)30)9-12-22(21)26)14-24-25-23(28)17-5-3-2-4-6-17/h2-15H,1H3,(H,25,28)/b24-14+. The van der Waals surface area contributed by atoms with Crippen molar-refractivity contribution in [2.75, 3.05) is 0 Å². The molecule has 0 radical (unpaired) electrons. The molecule has 0 saturated carbocycles. The fourth-order valence-corrected chi connectivity index (χ4v) is 4.64. The molecule has 166 valence electrons. The maximum absolute atomic E-state index is 13.3. The summed E-state index contributed by atoms with van der Waals surface area (Å²) in [6, 6.07) is 18.7. The molecule has 4 aromatic rings. The van der Waals surface area contributed by atoms with Crippen LogP contribution in [-0.2, 0) is 10.0 Å². The molecule has 0 aliphatic carbocycles. The molecule has 9 nitrogen and oxygen atoms in total. The molecule has 0 atom stereocenters. The number of benzene rings is 3. The Balaban J connectivity index is 1.77. The van der Waals surface area contributed by atoms with E-state index >= 15 is 0 Å². The number of non-ortho nitro benzene ring substituents is 1. The first-order valence-electron chi connectivity index (χ1n) is 9.77. The molecule has 1 N–H and O–H groups in total. The van der Waals surface area contributed by atoms with Gasteiger partial charge in [0.15, 0.2) is 0 Å². The Labute approximate surface area is 189 Å². The van der Waals surface area contributed by atoms with Gasteiger partial charge in [0.1, 0.15) is 0 Å². The number of aromatic nitrogens is 1. The highest BCUT2D eigenvalue weighted by atomic mass is 32.2. The first-order valence-corrected chi connectivity index (χ1v) is 11.2. The molecular weight excluding hydrogens is 444 g/mol. The molecule has 0 spiro atoms. The van der Waals surface area contributed by atoms with Crippen molar-refractivity contribution in [1.29, 1.82) is 0 Å². The van der Waals surface area contributed by atoms with Crippen LogP contribution < -0.4 is 5.43 Å². The third kappa shape index (κ3) is 4.37. The Bertz CT molecular complexity index is 1490. The number of carbonyl (C=O) groups is 1. The Kier molecular flexibility index (Phi) is 5.76. The van der Waals surface area contributed by atoms with Crippen LogP contribution in [0, 0.1) is 17.0 Å². The Morgan fingerprint density at radius 3 is 2.42 bits per heavy atom. The summed E-state index contributed by atoms with van der Waals surface area (Å²) < 4.78 is 27.6. The summed E-state index contributed by atoms with van der Waals surface area (Å²) in [5.41, 5.74) is 4.02. The highest BCUT2D eigenvalue weighted by Gasteiger charge is 2.22. The lowest BCUT2D eigenvalue weighted by molar-refractivity contribution is -0.384. The second kappa shape index (κ2) is 8.67. The van der Waals surface area contributed by atoms with Crippen LogP contribution in [0.2, 0.25) is 0 Å². The molecule has 0 unspecified atom stereocenters. The van der Waals surface area contributed by atoms with Crippen molar-refractivity contribution in [3.05, 3.63) is 106 Å². The minimum Gasteiger partial charge on any atom is -0.267 e. The van der Waals surface area contributed by atoms with E-state index in [-0.39, 0.29) is 21.7 Å². The van der Waals surface area contributed by atoms with Crippen LogP contribution in [0.4, 0.5) is 5.69 Å². The Morgan fingerprint density at radius 1 is 1.06 bits per heavy atom. The number of hydrogen-bond acceptors (Lipinski definition) is 6. The molecule has 1 heterocycles. The molecule has 1 amide bonds. The van der Waals surface area contributed by atoms with E-state index in [4.69, 9.17) is 0 Å². The van der Waals surface area contributed by atoms with Crippen molar-refractivity contribution in [2.45, 2.75) is 11.8 Å². The number of nitrogens with one attached hydrogen (secondary N) is 1.